The maximum absolute atomic E-state index is 12.2. The van der Waals surface area contributed by atoms with Crippen LogP contribution in [0.15, 0.2) is 22.0 Å². The standard InChI is InChI=1S/C14H15ClN2O2S/c1-3-7-4-10-13(14(18)16-7)20-12-6-11(19-2)8(15)5-9(12)17-10/h5-7,13H,3-4H2,1-2H3,(H,16,18). The lowest BCUT2D eigenvalue weighted by Crippen LogP contribution is -2.50. The summed E-state index contributed by atoms with van der Waals surface area (Å²) in [5.41, 5.74) is 1.77. The predicted octanol–water partition coefficient (Wildman–Crippen LogP) is 3.19. The third-order valence-corrected chi connectivity index (χ3v) is 5.18. The molecule has 1 saturated heterocycles. The van der Waals surface area contributed by atoms with Gasteiger partial charge in [-0.3, -0.25) is 9.79 Å². The highest BCUT2D eigenvalue weighted by Crippen LogP contribution is 2.44. The van der Waals surface area contributed by atoms with Gasteiger partial charge in [0.05, 0.1) is 17.8 Å². The maximum Gasteiger partial charge on any atom is 0.239 e. The predicted molar refractivity (Wildman–Crippen MR) is 81.6 cm³/mol. The van der Waals surface area contributed by atoms with Gasteiger partial charge in [0.1, 0.15) is 11.0 Å². The Morgan fingerprint density at radius 2 is 2.35 bits per heavy atom. The number of thioether (sulfide) groups is 1. The minimum absolute atomic E-state index is 0.0476. The van der Waals surface area contributed by atoms with Crippen LogP contribution in [0.5, 0.6) is 5.75 Å². The highest BCUT2D eigenvalue weighted by molar-refractivity contribution is 8.01. The molecule has 4 nitrogen and oxygen atoms in total. The molecule has 1 N–H and O–H groups in total. The zero-order valence-corrected chi connectivity index (χ0v) is 12.8. The van der Waals surface area contributed by atoms with Crippen molar-refractivity contribution in [3.63, 3.8) is 0 Å². The van der Waals surface area contributed by atoms with Crippen LogP contribution in [0.1, 0.15) is 19.8 Å². The van der Waals surface area contributed by atoms with Gasteiger partial charge in [0.15, 0.2) is 0 Å². The molecule has 3 rings (SSSR count). The molecule has 0 bridgehead atoms. The quantitative estimate of drug-likeness (QED) is 0.912. The first-order valence-electron chi connectivity index (χ1n) is 6.54. The van der Waals surface area contributed by atoms with Crippen molar-refractivity contribution < 1.29 is 9.53 Å². The summed E-state index contributed by atoms with van der Waals surface area (Å²) in [6.45, 7) is 2.07. The number of nitrogens with one attached hydrogen (secondary N) is 1. The van der Waals surface area contributed by atoms with E-state index in [0.29, 0.717) is 10.8 Å². The lowest BCUT2D eigenvalue weighted by Gasteiger charge is -2.32. The number of piperidine rings is 1. The van der Waals surface area contributed by atoms with Crippen molar-refractivity contribution in [2.24, 2.45) is 4.99 Å². The zero-order chi connectivity index (χ0) is 14.3. The molecule has 0 radical (unpaired) electrons. The number of benzene rings is 1. The first-order valence-corrected chi connectivity index (χ1v) is 7.80. The lowest BCUT2D eigenvalue weighted by molar-refractivity contribution is -0.120. The molecule has 0 aromatic heterocycles. The number of fused-ring (bicyclic) bond motifs is 2. The first-order chi connectivity index (χ1) is 9.62. The van der Waals surface area contributed by atoms with Gasteiger partial charge >= 0.3 is 0 Å². The van der Waals surface area contributed by atoms with Gasteiger partial charge in [0, 0.05) is 23.1 Å². The molecule has 0 spiro atoms. The Morgan fingerprint density at radius 3 is 3.05 bits per heavy atom. The van der Waals surface area contributed by atoms with Crippen LogP contribution in [0.4, 0.5) is 5.69 Å². The topological polar surface area (TPSA) is 50.7 Å². The van der Waals surface area contributed by atoms with Crippen molar-refractivity contribution >= 4 is 40.7 Å². The summed E-state index contributed by atoms with van der Waals surface area (Å²) in [5.74, 6) is 0.658. The average molecular weight is 311 g/mol. The Kier molecular flexibility index (Phi) is 3.65. The first kappa shape index (κ1) is 13.8. The Hall–Kier alpha value is -1.20. The van der Waals surface area contributed by atoms with E-state index < -0.39 is 0 Å². The van der Waals surface area contributed by atoms with Crippen LogP contribution in [-0.2, 0) is 4.79 Å². The van der Waals surface area contributed by atoms with Crippen molar-refractivity contribution in [3.8, 4) is 5.75 Å². The summed E-state index contributed by atoms with van der Waals surface area (Å²) in [6, 6.07) is 3.84. The molecule has 0 aliphatic carbocycles. The van der Waals surface area contributed by atoms with Gasteiger partial charge in [-0.25, -0.2) is 0 Å². The smallest absolute Gasteiger partial charge is 0.239 e. The van der Waals surface area contributed by atoms with Crippen molar-refractivity contribution in [1.29, 1.82) is 0 Å². The van der Waals surface area contributed by atoms with Crippen LogP contribution >= 0.6 is 23.4 Å². The molecule has 1 fully saturated rings. The highest BCUT2D eigenvalue weighted by Gasteiger charge is 2.36. The second kappa shape index (κ2) is 5.30. The summed E-state index contributed by atoms with van der Waals surface area (Å²) in [6.07, 6.45) is 1.72. The Balaban J connectivity index is 2.01. The molecule has 2 heterocycles. The number of carbonyl (C=O) groups excluding carboxylic acids is 1. The Bertz CT molecular complexity index is 603. The second-order valence-corrected chi connectivity index (χ2v) is 6.43. The van der Waals surface area contributed by atoms with E-state index in [1.807, 2.05) is 6.07 Å². The van der Waals surface area contributed by atoms with Crippen LogP contribution in [0.2, 0.25) is 5.02 Å². The van der Waals surface area contributed by atoms with E-state index in [2.05, 4.69) is 17.2 Å². The molecule has 20 heavy (non-hydrogen) atoms. The number of halogens is 1. The molecule has 6 heteroatoms. The minimum Gasteiger partial charge on any atom is -0.495 e. The van der Waals surface area contributed by atoms with E-state index in [1.165, 1.54) is 11.8 Å². The third-order valence-electron chi connectivity index (χ3n) is 3.58. The average Bonchev–Trinajstić information content (AvgIpc) is 2.44. The largest absolute Gasteiger partial charge is 0.495 e. The van der Waals surface area contributed by atoms with Gasteiger partial charge in [-0.05, 0) is 18.6 Å². The number of methoxy groups -OCH3 is 1. The van der Waals surface area contributed by atoms with Gasteiger partial charge in [0.25, 0.3) is 0 Å². The van der Waals surface area contributed by atoms with E-state index in [9.17, 15) is 4.79 Å². The molecule has 1 aromatic rings. The third kappa shape index (κ3) is 2.29. The fraction of sp³-hybridized carbons (Fsp3) is 0.429. The monoisotopic (exact) mass is 310 g/mol. The number of nitrogens with zero attached hydrogens (tertiary/aromatic N) is 1. The molecule has 2 aliphatic heterocycles. The van der Waals surface area contributed by atoms with Crippen molar-refractivity contribution in [3.05, 3.63) is 17.2 Å². The van der Waals surface area contributed by atoms with Gasteiger partial charge in [-0.2, -0.15) is 0 Å². The van der Waals surface area contributed by atoms with Gasteiger partial charge in [-0.1, -0.05) is 18.5 Å². The van der Waals surface area contributed by atoms with Gasteiger partial charge < -0.3 is 10.1 Å². The molecule has 0 saturated carbocycles. The van der Waals surface area contributed by atoms with E-state index in [1.54, 1.807) is 13.2 Å². The molecular weight excluding hydrogens is 296 g/mol. The molecule has 106 valence electrons. The second-order valence-electron chi connectivity index (χ2n) is 4.87. The fourth-order valence-electron chi connectivity index (χ4n) is 2.46. The molecular formula is C14H15ClN2O2S. The van der Waals surface area contributed by atoms with E-state index >= 15 is 0 Å². The number of ether oxygens (including phenoxy) is 1. The summed E-state index contributed by atoms with van der Waals surface area (Å²) in [7, 11) is 1.58. The molecule has 2 aliphatic rings. The molecule has 1 aromatic carbocycles. The SMILES string of the molecule is CCC1CC2=Nc3cc(Cl)c(OC)cc3SC2C(=O)N1. The number of aliphatic imine (C=N–C) groups is 1. The summed E-state index contributed by atoms with van der Waals surface area (Å²) < 4.78 is 5.21. The van der Waals surface area contributed by atoms with Crippen LogP contribution in [-0.4, -0.2) is 30.0 Å². The van der Waals surface area contributed by atoms with Crippen molar-refractivity contribution in [1.82, 2.24) is 5.32 Å². The number of carbonyl (C=O) groups is 1. The zero-order valence-electron chi connectivity index (χ0n) is 11.3. The van der Waals surface area contributed by atoms with Crippen molar-refractivity contribution in [2.45, 2.75) is 36.0 Å². The van der Waals surface area contributed by atoms with Crippen LogP contribution in [0.25, 0.3) is 0 Å². The molecule has 2 unspecified atom stereocenters. The minimum atomic E-state index is -0.226. The summed E-state index contributed by atoms with van der Waals surface area (Å²) in [4.78, 5) is 17.7. The highest BCUT2D eigenvalue weighted by atomic mass is 35.5. The van der Waals surface area contributed by atoms with Crippen LogP contribution < -0.4 is 10.1 Å². The Labute approximate surface area is 126 Å². The number of hydrogen-bond acceptors (Lipinski definition) is 4. The van der Waals surface area contributed by atoms with Crippen LogP contribution in [0.3, 0.4) is 0 Å². The normalized spacial score (nSPS) is 24.4. The lowest BCUT2D eigenvalue weighted by atomic mass is 9.99. The molecule has 2 atom stereocenters. The maximum atomic E-state index is 12.2. The van der Waals surface area contributed by atoms with E-state index in [-0.39, 0.29) is 17.2 Å². The summed E-state index contributed by atoms with van der Waals surface area (Å²) in [5, 5.41) is 3.36. The van der Waals surface area contributed by atoms with Crippen molar-refractivity contribution in [2.75, 3.05) is 7.11 Å². The Morgan fingerprint density at radius 1 is 1.55 bits per heavy atom. The fourth-order valence-corrected chi connectivity index (χ4v) is 3.80. The summed E-state index contributed by atoms with van der Waals surface area (Å²) >= 11 is 7.66. The molecule has 1 amide bonds. The number of hydrogen-bond donors (Lipinski definition) is 1. The van der Waals surface area contributed by atoms with Crippen LogP contribution in [0, 0.1) is 0 Å². The number of amides is 1. The van der Waals surface area contributed by atoms with Gasteiger partial charge in [0.2, 0.25) is 5.91 Å². The van der Waals surface area contributed by atoms with E-state index in [0.717, 1.165) is 29.1 Å². The van der Waals surface area contributed by atoms with Gasteiger partial charge in [-0.15, -0.1) is 11.8 Å². The van der Waals surface area contributed by atoms with E-state index in [4.69, 9.17) is 16.3 Å². The number of rotatable bonds is 2.